The van der Waals surface area contributed by atoms with E-state index in [1.54, 1.807) is 0 Å². The fourth-order valence-corrected chi connectivity index (χ4v) is 1.64. The van der Waals surface area contributed by atoms with E-state index < -0.39 is 23.8 Å². The van der Waals surface area contributed by atoms with E-state index in [2.05, 4.69) is 0 Å². The Hall–Kier alpha value is -1.00. The summed E-state index contributed by atoms with van der Waals surface area (Å²) in [6.45, 7) is 0. The highest BCUT2D eigenvalue weighted by molar-refractivity contribution is 5.21. The van der Waals surface area contributed by atoms with Gasteiger partial charge in [0.1, 0.15) is 17.7 Å². The third-order valence-corrected chi connectivity index (χ3v) is 2.65. The second-order valence-corrected chi connectivity index (χ2v) is 3.98. The van der Waals surface area contributed by atoms with Crippen molar-refractivity contribution in [3.05, 3.63) is 35.4 Å². The number of hydrogen-bond donors (Lipinski definition) is 2. The van der Waals surface area contributed by atoms with Crippen LogP contribution in [0.4, 0.5) is 8.78 Å². The number of aliphatic hydroxyl groups excluding tert-OH is 2. The van der Waals surface area contributed by atoms with Crippen molar-refractivity contribution in [1.29, 1.82) is 0 Å². The molecular formula is C11H12F2O2. The SMILES string of the molecule is OC(c1cc(F)cc(F)c1)C(O)C1CC1. The summed E-state index contributed by atoms with van der Waals surface area (Å²) in [4.78, 5) is 0. The van der Waals surface area contributed by atoms with E-state index in [0.717, 1.165) is 31.0 Å². The maximum Gasteiger partial charge on any atom is 0.126 e. The molecule has 2 nitrogen and oxygen atoms in total. The van der Waals surface area contributed by atoms with Gasteiger partial charge in [-0.05, 0) is 36.5 Å². The molecule has 0 spiro atoms. The number of halogens is 2. The number of aliphatic hydroxyl groups is 2. The second kappa shape index (κ2) is 3.87. The van der Waals surface area contributed by atoms with Gasteiger partial charge in [-0.2, -0.15) is 0 Å². The summed E-state index contributed by atoms with van der Waals surface area (Å²) >= 11 is 0. The van der Waals surface area contributed by atoms with Crippen molar-refractivity contribution >= 4 is 0 Å². The highest BCUT2D eigenvalue weighted by Gasteiger charge is 2.35. The van der Waals surface area contributed by atoms with Gasteiger partial charge in [0, 0.05) is 6.07 Å². The molecule has 2 rings (SSSR count). The molecule has 1 saturated carbocycles. The quantitative estimate of drug-likeness (QED) is 0.805. The summed E-state index contributed by atoms with van der Waals surface area (Å²) in [6, 6.07) is 2.82. The smallest absolute Gasteiger partial charge is 0.126 e. The molecule has 1 aliphatic carbocycles. The molecule has 0 saturated heterocycles. The third kappa shape index (κ3) is 2.33. The predicted octanol–water partition coefficient (Wildman–Crippen LogP) is 1.77. The third-order valence-electron chi connectivity index (χ3n) is 2.65. The fraction of sp³-hybridized carbons (Fsp3) is 0.455. The average molecular weight is 214 g/mol. The molecule has 2 atom stereocenters. The maximum atomic E-state index is 12.8. The summed E-state index contributed by atoms with van der Waals surface area (Å²) in [6.07, 6.45) is -0.416. The molecule has 82 valence electrons. The molecule has 1 aromatic rings. The number of benzene rings is 1. The fourth-order valence-electron chi connectivity index (χ4n) is 1.64. The van der Waals surface area contributed by atoms with Crippen LogP contribution in [0.3, 0.4) is 0 Å². The Bertz CT molecular complexity index is 343. The van der Waals surface area contributed by atoms with Crippen LogP contribution in [0.2, 0.25) is 0 Å². The molecule has 2 N–H and O–H groups in total. The molecule has 0 aromatic heterocycles. The second-order valence-electron chi connectivity index (χ2n) is 3.98. The van der Waals surface area contributed by atoms with Gasteiger partial charge in [0.15, 0.2) is 0 Å². The summed E-state index contributed by atoms with van der Waals surface area (Å²) < 4.78 is 25.7. The first kappa shape index (κ1) is 10.5. The van der Waals surface area contributed by atoms with Crippen molar-refractivity contribution in [2.24, 2.45) is 5.92 Å². The van der Waals surface area contributed by atoms with Gasteiger partial charge in [0.05, 0.1) is 6.10 Å². The van der Waals surface area contributed by atoms with Crippen molar-refractivity contribution in [2.75, 3.05) is 0 Å². The monoisotopic (exact) mass is 214 g/mol. The van der Waals surface area contributed by atoms with Gasteiger partial charge < -0.3 is 10.2 Å². The summed E-state index contributed by atoms with van der Waals surface area (Å²) in [5.41, 5.74) is 0.0897. The van der Waals surface area contributed by atoms with Crippen LogP contribution in [0.1, 0.15) is 24.5 Å². The lowest BCUT2D eigenvalue weighted by molar-refractivity contribution is 0.00454. The van der Waals surface area contributed by atoms with Crippen LogP contribution in [-0.2, 0) is 0 Å². The normalized spacial score (nSPS) is 20.0. The standard InChI is InChI=1S/C11H12F2O2/c12-8-3-7(4-9(13)5-8)11(15)10(14)6-1-2-6/h3-6,10-11,14-15H,1-2H2. The zero-order valence-electron chi connectivity index (χ0n) is 8.03. The molecule has 2 unspecified atom stereocenters. The first-order valence-electron chi connectivity index (χ1n) is 4.90. The van der Waals surface area contributed by atoms with Crippen molar-refractivity contribution in [3.8, 4) is 0 Å². The molecule has 0 radical (unpaired) electrons. The lowest BCUT2D eigenvalue weighted by Gasteiger charge is -2.17. The Labute approximate surface area is 86.2 Å². The molecular weight excluding hydrogens is 202 g/mol. The average Bonchev–Trinajstić information content (AvgIpc) is 2.97. The topological polar surface area (TPSA) is 40.5 Å². The Morgan fingerprint density at radius 3 is 2.07 bits per heavy atom. The van der Waals surface area contributed by atoms with Crippen molar-refractivity contribution in [1.82, 2.24) is 0 Å². The van der Waals surface area contributed by atoms with Gasteiger partial charge in [0.25, 0.3) is 0 Å². The Kier molecular flexibility index (Phi) is 2.71. The highest BCUT2D eigenvalue weighted by Crippen LogP contribution is 2.38. The molecule has 0 heterocycles. The Morgan fingerprint density at radius 2 is 1.60 bits per heavy atom. The molecule has 1 fully saturated rings. The molecule has 0 bridgehead atoms. The minimum absolute atomic E-state index is 0.0614. The van der Waals surface area contributed by atoms with Crippen LogP contribution < -0.4 is 0 Å². The van der Waals surface area contributed by atoms with Gasteiger partial charge in [-0.3, -0.25) is 0 Å². The Morgan fingerprint density at radius 1 is 1.07 bits per heavy atom. The minimum Gasteiger partial charge on any atom is -0.390 e. The number of rotatable bonds is 3. The lowest BCUT2D eigenvalue weighted by Crippen LogP contribution is -2.20. The van der Waals surface area contributed by atoms with Crippen LogP contribution >= 0.6 is 0 Å². The van der Waals surface area contributed by atoms with E-state index in [-0.39, 0.29) is 11.5 Å². The van der Waals surface area contributed by atoms with Gasteiger partial charge in [0.2, 0.25) is 0 Å². The van der Waals surface area contributed by atoms with Crippen molar-refractivity contribution in [3.63, 3.8) is 0 Å². The molecule has 15 heavy (non-hydrogen) atoms. The van der Waals surface area contributed by atoms with Crippen LogP contribution in [0.25, 0.3) is 0 Å². The zero-order valence-corrected chi connectivity index (χ0v) is 8.03. The van der Waals surface area contributed by atoms with E-state index in [1.807, 2.05) is 0 Å². The lowest BCUT2D eigenvalue weighted by atomic mass is 10.0. The molecule has 4 heteroatoms. The van der Waals surface area contributed by atoms with Gasteiger partial charge in [-0.1, -0.05) is 0 Å². The van der Waals surface area contributed by atoms with Gasteiger partial charge in [-0.15, -0.1) is 0 Å². The van der Waals surface area contributed by atoms with Gasteiger partial charge >= 0.3 is 0 Å². The summed E-state index contributed by atoms with van der Waals surface area (Å²) in [7, 11) is 0. The van der Waals surface area contributed by atoms with Crippen LogP contribution in [0.5, 0.6) is 0 Å². The van der Waals surface area contributed by atoms with E-state index in [9.17, 15) is 19.0 Å². The van der Waals surface area contributed by atoms with E-state index >= 15 is 0 Å². The van der Waals surface area contributed by atoms with E-state index in [1.165, 1.54) is 0 Å². The highest BCUT2D eigenvalue weighted by atomic mass is 19.1. The maximum absolute atomic E-state index is 12.8. The molecule has 1 aliphatic rings. The van der Waals surface area contributed by atoms with Crippen molar-refractivity contribution < 1.29 is 19.0 Å². The summed E-state index contributed by atoms with van der Waals surface area (Å²) in [5.74, 6) is -1.43. The van der Waals surface area contributed by atoms with Crippen LogP contribution in [0.15, 0.2) is 18.2 Å². The predicted molar refractivity (Wildman–Crippen MR) is 50.0 cm³/mol. The van der Waals surface area contributed by atoms with Crippen LogP contribution in [-0.4, -0.2) is 16.3 Å². The molecule has 1 aromatic carbocycles. The van der Waals surface area contributed by atoms with Crippen LogP contribution in [0, 0.1) is 17.6 Å². The first-order chi connectivity index (χ1) is 7.08. The summed E-state index contributed by atoms with van der Waals surface area (Å²) in [5, 5.41) is 19.3. The largest absolute Gasteiger partial charge is 0.390 e. The molecule has 0 amide bonds. The molecule has 0 aliphatic heterocycles. The zero-order chi connectivity index (χ0) is 11.0. The van der Waals surface area contributed by atoms with Gasteiger partial charge in [-0.25, -0.2) is 8.78 Å². The Balaban J connectivity index is 2.19. The van der Waals surface area contributed by atoms with Crippen molar-refractivity contribution in [2.45, 2.75) is 25.0 Å². The minimum atomic E-state index is -1.21. The number of hydrogen-bond acceptors (Lipinski definition) is 2. The first-order valence-corrected chi connectivity index (χ1v) is 4.90. The van der Waals surface area contributed by atoms with E-state index in [0.29, 0.717) is 0 Å². The van der Waals surface area contributed by atoms with E-state index in [4.69, 9.17) is 0 Å².